The van der Waals surface area contributed by atoms with Crippen molar-refractivity contribution in [1.29, 1.82) is 0 Å². The number of hydrogen-bond acceptors (Lipinski definition) is 2. The number of carboxylic acid groups (broad SMARTS) is 1. The average Bonchev–Trinajstić information content (AvgIpc) is 2.35. The van der Waals surface area contributed by atoms with Gasteiger partial charge >= 0.3 is 12.0 Å². The van der Waals surface area contributed by atoms with E-state index in [-0.39, 0.29) is 18.6 Å². The van der Waals surface area contributed by atoms with Crippen LogP contribution in [0.15, 0.2) is 0 Å². The van der Waals surface area contributed by atoms with Gasteiger partial charge in [-0.3, -0.25) is 4.79 Å². The van der Waals surface area contributed by atoms with E-state index >= 15 is 0 Å². The van der Waals surface area contributed by atoms with Crippen LogP contribution in [0, 0.1) is 0 Å². The van der Waals surface area contributed by atoms with Crippen LogP contribution >= 0.6 is 0 Å². The molecule has 1 unspecified atom stereocenters. The molecule has 0 spiro atoms. The van der Waals surface area contributed by atoms with Crippen LogP contribution in [0.4, 0.5) is 4.79 Å². The highest BCUT2D eigenvalue weighted by molar-refractivity contribution is 5.80. The fourth-order valence-corrected chi connectivity index (χ4v) is 1.71. The molecule has 2 amide bonds. The Kier molecular flexibility index (Phi) is 8.16. The minimum atomic E-state index is -0.968. The molecule has 18 heavy (non-hydrogen) atoms. The maximum absolute atomic E-state index is 12.3. The Morgan fingerprint density at radius 2 is 1.83 bits per heavy atom. The molecule has 0 aromatic carbocycles. The van der Waals surface area contributed by atoms with Crippen molar-refractivity contribution < 1.29 is 14.7 Å². The topological polar surface area (TPSA) is 60.9 Å². The van der Waals surface area contributed by atoms with Gasteiger partial charge in [-0.2, -0.15) is 0 Å². The van der Waals surface area contributed by atoms with Gasteiger partial charge in [0, 0.05) is 19.1 Å². The smallest absolute Gasteiger partial charge is 0.323 e. The molecule has 0 aliphatic carbocycles. The summed E-state index contributed by atoms with van der Waals surface area (Å²) in [6.07, 6.45) is 2.84. The van der Waals surface area contributed by atoms with Crippen molar-refractivity contribution in [2.24, 2.45) is 0 Å². The average molecular weight is 258 g/mol. The van der Waals surface area contributed by atoms with Crippen molar-refractivity contribution in [3.05, 3.63) is 0 Å². The van der Waals surface area contributed by atoms with Gasteiger partial charge in [-0.05, 0) is 26.7 Å². The predicted molar refractivity (Wildman–Crippen MR) is 71.6 cm³/mol. The van der Waals surface area contributed by atoms with Crippen LogP contribution in [-0.4, -0.2) is 52.6 Å². The summed E-state index contributed by atoms with van der Waals surface area (Å²) >= 11 is 0. The van der Waals surface area contributed by atoms with Crippen molar-refractivity contribution in [2.75, 3.05) is 19.6 Å². The van der Waals surface area contributed by atoms with Crippen LogP contribution in [0.5, 0.6) is 0 Å². The number of nitrogens with zero attached hydrogens (tertiary/aromatic N) is 2. The fraction of sp³-hybridized carbons (Fsp3) is 0.846. The summed E-state index contributed by atoms with van der Waals surface area (Å²) in [4.78, 5) is 26.2. The van der Waals surface area contributed by atoms with Crippen LogP contribution in [0.1, 0.15) is 47.0 Å². The quantitative estimate of drug-likeness (QED) is 0.727. The lowest BCUT2D eigenvalue weighted by Gasteiger charge is -2.33. The summed E-state index contributed by atoms with van der Waals surface area (Å²) in [7, 11) is 0. The zero-order valence-electron chi connectivity index (χ0n) is 12.0. The number of urea groups is 1. The molecule has 0 fully saturated rings. The van der Waals surface area contributed by atoms with Gasteiger partial charge in [0.25, 0.3) is 0 Å². The van der Waals surface area contributed by atoms with Crippen LogP contribution in [0.25, 0.3) is 0 Å². The normalized spacial score (nSPS) is 12.0. The molecule has 1 atom stereocenters. The predicted octanol–water partition coefficient (Wildman–Crippen LogP) is 2.41. The molecule has 5 nitrogen and oxygen atoms in total. The number of carbonyl (C=O) groups is 2. The molecule has 0 aromatic rings. The molecule has 5 heteroatoms. The highest BCUT2D eigenvalue weighted by atomic mass is 16.4. The van der Waals surface area contributed by atoms with E-state index in [9.17, 15) is 9.59 Å². The van der Waals surface area contributed by atoms with Crippen LogP contribution in [0.3, 0.4) is 0 Å². The van der Waals surface area contributed by atoms with E-state index in [1.165, 1.54) is 4.90 Å². The lowest BCUT2D eigenvalue weighted by atomic mass is 10.2. The lowest BCUT2D eigenvalue weighted by molar-refractivity contribution is -0.137. The van der Waals surface area contributed by atoms with E-state index < -0.39 is 5.97 Å². The molecule has 0 bridgehead atoms. The number of rotatable bonds is 8. The summed E-state index contributed by atoms with van der Waals surface area (Å²) in [5.41, 5.74) is 0. The number of hydrogen-bond donors (Lipinski definition) is 1. The Morgan fingerprint density at radius 3 is 2.22 bits per heavy atom. The second-order valence-corrected chi connectivity index (χ2v) is 4.49. The van der Waals surface area contributed by atoms with E-state index in [1.807, 2.05) is 13.8 Å². The van der Waals surface area contributed by atoms with Gasteiger partial charge in [0.1, 0.15) is 6.54 Å². The summed E-state index contributed by atoms with van der Waals surface area (Å²) in [5, 5.41) is 8.81. The second kappa shape index (κ2) is 8.78. The molecule has 0 saturated carbocycles. The Bertz CT molecular complexity index is 269. The third-order valence-corrected chi connectivity index (χ3v) is 3.10. The number of likely N-dealkylation sites (N-methyl/N-ethyl adjacent to an activating group) is 1. The minimum absolute atomic E-state index is 0.145. The van der Waals surface area contributed by atoms with Gasteiger partial charge in [-0.15, -0.1) is 0 Å². The van der Waals surface area contributed by atoms with E-state index in [1.54, 1.807) is 11.8 Å². The SMILES string of the molecule is CCCCN(C(=O)N(CC)CC(=O)O)C(C)CC. The highest BCUT2D eigenvalue weighted by Crippen LogP contribution is 2.10. The first kappa shape index (κ1) is 16.7. The monoisotopic (exact) mass is 258 g/mol. The van der Waals surface area contributed by atoms with Crippen molar-refractivity contribution in [2.45, 2.75) is 53.0 Å². The second-order valence-electron chi connectivity index (χ2n) is 4.49. The maximum Gasteiger partial charge on any atom is 0.323 e. The minimum Gasteiger partial charge on any atom is -0.480 e. The first-order chi connectivity index (χ1) is 8.47. The molecule has 0 aromatic heterocycles. The van der Waals surface area contributed by atoms with Crippen molar-refractivity contribution in [3.8, 4) is 0 Å². The third-order valence-electron chi connectivity index (χ3n) is 3.10. The van der Waals surface area contributed by atoms with E-state index in [4.69, 9.17) is 5.11 Å². The number of amides is 2. The molecular formula is C13H26N2O3. The first-order valence-electron chi connectivity index (χ1n) is 6.75. The summed E-state index contributed by atoms with van der Waals surface area (Å²) in [6.45, 7) is 8.80. The summed E-state index contributed by atoms with van der Waals surface area (Å²) < 4.78 is 0. The van der Waals surface area contributed by atoms with Crippen LogP contribution in [0.2, 0.25) is 0 Å². The van der Waals surface area contributed by atoms with Crippen LogP contribution < -0.4 is 0 Å². The number of unbranched alkanes of at least 4 members (excludes halogenated alkanes) is 1. The van der Waals surface area contributed by atoms with E-state index in [0.29, 0.717) is 13.1 Å². The number of aliphatic carboxylic acids is 1. The molecule has 1 N–H and O–H groups in total. The largest absolute Gasteiger partial charge is 0.480 e. The van der Waals surface area contributed by atoms with Gasteiger partial charge in [-0.25, -0.2) is 4.79 Å². The van der Waals surface area contributed by atoms with Crippen LogP contribution in [-0.2, 0) is 4.79 Å². The summed E-state index contributed by atoms with van der Waals surface area (Å²) in [6, 6.07) is -0.0189. The first-order valence-corrected chi connectivity index (χ1v) is 6.75. The Labute approximate surface area is 110 Å². The standard InChI is InChI=1S/C13H26N2O3/c1-5-8-9-15(11(4)6-2)13(18)14(7-3)10-12(16)17/h11H,5-10H2,1-4H3,(H,16,17). The Hall–Kier alpha value is -1.26. The van der Waals surface area contributed by atoms with Crippen molar-refractivity contribution in [3.63, 3.8) is 0 Å². The molecule has 106 valence electrons. The van der Waals surface area contributed by atoms with Crippen molar-refractivity contribution in [1.82, 2.24) is 9.80 Å². The zero-order valence-corrected chi connectivity index (χ0v) is 12.0. The highest BCUT2D eigenvalue weighted by Gasteiger charge is 2.24. The molecule has 0 rings (SSSR count). The van der Waals surface area contributed by atoms with Gasteiger partial charge in [0.05, 0.1) is 0 Å². The fourth-order valence-electron chi connectivity index (χ4n) is 1.71. The maximum atomic E-state index is 12.3. The third kappa shape index (κ3) is 5.38. The zero-order chi connectivity index (χ0) is 14.1. The number of carboxylic acids is 1. The molecule has 0 heterocycles. The number of carbonyl (C=O) groups excluding carboxylic acids is 1. The van der Waals surface area contributed by atoms with Gasteiger partial charge in [0.15, 0.2) is 0 Å². The Morgan fingerprint density at radius 1 is 1.22 bits per heavy atom. The van der Waals surface area contributed by atoms with Gasteiger partial charge in [0.2, 0.25) is 0 Å². The van der Waals surface area contributed by atoms with Crippen molar-refractivity contribution >= 4 is 12.0 Å². The molecular weight excluding hydrogens is 232 g/mol. The van der Waals surface area contributed by atoms with Gasteiger partial charge in [-0.1, -0.05) is 20.3 Å². The Balaban J connectivity index is 4.73. The summed E-state index contributed by atoms with van der Waals surface area (Å²) in [5.74, 6) is -0.968. The van der Waals surface area contributed by atoms with E-state index in [0.717, 1.165) is 19.3 Å². The van der Waals surface area contributed by atoms with E-state index in [2.05, 4.69) is 6.92 Å². The molecule has 0 radical (unpaired) electrons. The molecule has 0 saturated heterocycles. The molecule has 0 aliphatic rings. The lowest BCUT2D eigenvalue weighted by Crippen LogP contribution is -2.49. The molecule has 0 aliphatic heterocycles. The van der Waals surface area contributed by atoms with Gasteiger partial charge < -0.3 is 14.9 Å².